The zero-order valence-electron chi connectivity index (χ0n) is 12.4. The van der Waals surface area contributed by atoms with E-state index in [1.807, 2.05) is 30.3 Å². The summed E-state index contributed by atoms with van der Waals surface area (Å²) in [4.78, 5) is 19.3. The molecule has 1 heterocycles. The Bertz CT molecular complexity index is 854. The fourth-order valence-electron chi connectivity index (χ4n) is 2.00. The monoisotopic (exact) mass is 340 g/mol. The summed E-state index contributed by atoms with van der Waals surface area (Å²) in [6.45, 7) is 0. The molecule has 6 nitrogen and oxygen atoms in total. The van der Waals surface area contributed by atoms with Gasteiger partial charge in [-0.05, 0) is 36.4 Å². The van der Waals surface area contributed by atoms with E-state index in [9.17, 15) is 4.79 Å². The number of carboxylic acids is 1. The normalized spacial score (nSPS) is 10.2. The van der Waals surface area contributed by atoms with Crippen molar-refractivity contribution in [3.05, 3.63) is 71.4 Å². The number of nitrogens with one attached hydrogen (secondary N) is 2. The average Bonchev–Trinajstić information content (AvgIpc) is 2.59. The second kappa shape index (κ2) is 6.97. The molecule has 3 aromatic rings. The van der Waals surface area contributed by atoms with Gasteiger partial charge in [0.05, 0.1) is 11.8 Å². The summed E-state index contributed by atoms with van der Waals surface area (Å²) in [6.07, 6.45) is 1.49. The smallest absolute Gasteiger partial charge is 0.335 e. The molecule has 0 bridgehead atoms. The lowest BCUT2D eigenvalue weighted by atomic mass is 10.2. The van der Waals surface area contributed by atoms with Gasteiger partial charge in [-0.1, -0.05) is 29.8 Å². The van der Waals surface area contributed by atoms with E-state index in [2.05, 4.69) is 20.6 Å². The van der Waals surface area contributed by atoms with E-state index in [1.54, 1.807) is 12.1 Å². The molecule has 1 aromatic heterocycles. The molecule has 0 unspecified atom stereocenters. The van der Waals surface area contributed by atoms with E-state index in [0.29, 0.717) is 22.5 Å². The number of halogens is 1. The van der Waals surface area contributed by atoms with E-state index in [-0.39, 0.29) is 5.56 Å². The molecule has 0 aliphatic rings. The van der Waals surface area contributed by atoms with Crippen LogP contribution in [0.3, 0.4) is 0 Å². The van der Waals surface area contributed by atoms with E-state index in [4.69, 9.17) is 16.7 Å². The minimum atomic E-state index is -0.973. The van der Waals surface area contributed by atoms with E-state index in [1.165, 1.54) is 18.3 Å². The van der Waals surface area contributed by atoms with Gasteiger partial charge in [0, 0.05) is 11.4 Å². The summed E-state index contributed by atoms with van der Waals surface area (Å²) in [5, 5.41) is 15.4. The minimum Gasteiger partial charge on any atom is -0.478 e. The van der Waals surface area contributed by atoms with Crippen molar-refractivity contribution in [2.24, 2.45) is 0 Å². The minimum absolute atomic E-state index is 0.212. The number of aromatic carboxylic acids is 1. The van der Waals surface area contributed by atoms with Crippen LogP contribution in [-0.4, -0.2) is 21.0 Å². The van der Waals surface area contributed by atoms with Crippen molar-refractivity contribution in [1.29, 1.82) is 0 Å². The molecule has 0 amide bonds. The molecule has 0 saturated carbocycles. The molecule has 0 radical (unpaired) electrons. The highest BCUT2D eigenvalue weighted by atomic mass is 35.5. The maximum Gasteiger partial charge on any atom is 0.335 e. The largest absolute Gasteiger partial charge is 0.478 e. The molecule has 0 aliphatic heterocycles. The van der Waals surface area contributed by atoms with E-state index in [0.717, 1.165) is 5.69 Å². The predicted octanol–water partition coefficient (Wildman–Crippen LogP) is 4.32. The van der Waals surface area contributed by atoms with Crippen LogP contribution in [0.4, 0.5) is 23.1 Å². The molecule has 7 heteroatoms. The Morgan fingerprint density at radius 1 is 0.958 bits per heavy atom. The van der Waals surface area contributed by atoms with Gasteiger partial charge in [0.1, 0.15) is 5.02 Å². The van der Waals surface area contributed by atoms with Gasteiger partial charge in [-0.2, -0.15) is 4.98 Å². The predicted molar refractivity (Wildman–Crippen MR) is 93.5 cm³/mol. The van der Waals surface area contributed by atoms with Crippen LogP contribution in [0.15, 0.2) is 60.8 Å². The Morgan fingerprint density at radius 2 is 1.62 bits per heavy atom. The molecule has 0 fully saturated rings. The summed E-state index contributed by atoms with van der Waals surface area (Å²) >= 11 is 6.12. The fraction of sp³-hybridized carbons (Fsp3) is 0. The lowest BCUT2D eigenvalue weighted by Crippen LogP contribution is -2.02. The molecule has 120 valence electrons. The van der Waals surface area contributed by atoms with Gasteiger partial charge < -0.3 is 15.7 Å². The number of para-hydroxylation sites is 1. The quantitative estimate of drug-likeness (QED) is 0.641. The van der Waals surface area contributed by atoms with Crippen molar-refractivity contribution >= 4 is 40.7 Å². The molecular formula is C17H13ClN4O2. The number of nitrogens with zero attached hydrogens (tertiary/aromatic N) is 2. The van der Waals surface area contributed by atoms with Crippen molar-refractivity contribution in [1.82, 2.24) is 9.97 Å². The number of carboxylic acid groups (broad SMARTS) is 1. The number of hydrogen-bond donors (Lipinski definition) is 3. The van der Waals surface area contributed by atoms with Gasteiger partial charge in [0.15, 0.2) is 5.82 Å². The molecule has 0 aliphatic carbocycles. The number of benzene rings is 2. The third-order valence-corrected chi connectivity index (χ3v) is 3.45. The van der Waals surface area contributed by atoms with Crippen LogP contribution >= 0.6 is 11.6 Å². The Morgan fingerprint density at radius 3 is 2.29 bits per heavy atom. The van der Waals surface area contributed by atoms with Gasteiger partial charge >= 0.3 is 5.97 Å². The number of aromatic nitrogens is 2. The Hall–Kier alpha value is -3.12. The second-order valence-electron chi connectivity index (χ2n) is 4.89. The third kappa shape index (κ3) is 3.80. The summed E-state index contributed by atoms with van der Waals surface area (Å²) in [7, 11) is 0. The van der Waals surface area contributed by atoms with Crippen molar-refractivity contribution in [3.63, 3.8) is 0 Å². The van der Waals surface area contributed by atoms with Crippen molar-refractivity contribution < 1.29 is 9.90 Å². The van der Waals surface area contributed by atoms with Crippen LogP contribution in [-0.2, 0) is 0 Å². The summed E-state index contributed by atoms with van der Waals surface area (Å²) in [6, 6.07) is 15.8. The number of carbonyl (C=O) groups is 1. The second-order valence-corrected chi connectivity index (χ2v) is 5.30. The molecule has 0 spiro atoms. The van der Waals surface area contributed by atoms with E-state index >= 15 is 0 Å². The molecule has 3 N–H and O–H groups in total. The summed E-state index contributed by atoms with van der Waals surface area (Å²) in [5.74, 6) is -0.151. The number of hydrogen-bond acceptors (Lipinski definition) is 5. The topological polar surface area (TPSA) is 87.1 Å². The first kappa shape index (κ1) is 15.8. The van der Waals surface area contributed by atoms with Crippen LogP contribution in [0, 0.1) is 0 Å². The van der Waals surface area contributed by atoms with Crippen LogP contribution < -0.4 is 10.6 Å². The van der Waals surface area contributed by atoms with Gasteiger partial charge in [0.2, 0.25) is 5.95 Å². The Kier molecular flexibility index (Phi) is 4.58. The highest BCUT2D eigenvalue weighted by molar-refractivity contribution is 6.32. The number of anilines is 4. The molecule has 3 rings (SSSR count). The zero-order valence-corrected chi connectivity index (χ0v) is 13.2. The van der Waals surface area contributed by atoms with Crippen LogP contribution in [0.5, 0.6) is 0 Å². The van der Waals surface area contributed by atoms with Crippen molar-refractivity contribution in [3.8, 4) is 0 Å². The Balaban J connectivity index is 1.79. The molecule has 2 aromatic carbocycles. The molecule has 24 heavy (non-hydrogen) atoms. The van der Waals surface area contributed by atoms with Gasteiger partial charge in [-0.25, -0.2) is 9.78 Å². The van der Waals surface area contributed by atoms with Crippen LogP contribution in [0.25, 0.3) is 0 Å². The highest BCUT2D eigenvalue weighted by Gasteiger charge is 2.07. The Labute approximate surface area is 143 Å². The first-order chi connectivity index (χ1) is 11.6. The van der Waals surface area contributed by atoms with Crippen LogP contribution in [0.1, 0.15) is 10.4 Å². The molecule has 0 saturated heterocycles. The highest BCUT2D eigenvalue weighted by Crippen LogP contribution is 2.24. The fourth-order valence-corrected chi connectivity index (χ4v) is 2.14. The summed E-state index contributed by atoms with van der Waals surface area (Å²) in [5.41, 5.74) is 1.74. The maximum atomic E-state index is 10.9. The van der Waals surface area contributed by atoms with Crippen molar-refractivity contribution in [2.75, 3.05) is 10.6 Å². The maximum absolute atomic E-state index is 10.9. The molecular weight excluding hydrogens is 328 g/mol. The zero-order chi connectivity index (χ0) is 16.9. The SMILES string of the molecule is O=C(O)c1ccc(Nc2ncc(Cl)c(Nc3ccccc3)n2)cc1. The van der Waals surface area contributed by atoms with Gasteiger partial charge in [-0.3, -0.25) is 0 Å². The first-order valence-electron chi connectivity index (χ1n) is 7.07. The van der Waals surface area contributed by atoms with Crippen LogP contribution in [0.2, 0.25) is 5.02 Å². The molecule has 0 atom stereocenters. The number of rotatable bonds is 5. The van der Waals surface area contributed by atoms with E-state index < -0.39 is 5.97 Å². The standard InChI is InChI=1S/C17H13ClN4O2/c18-14-10-19-17(21-13-8-6-11(7-9-13)16(23)24)22-15(14)20-12-4-2-1-3-5-12/h1-10H,(H,23,24)(H2,19,20,21,22). The summed E-state index contributed by atoms with van der Waals surface area (Å²) < 4.78 is 0. The van der Waals surface area contributed by atoms with Gasteiger partial charge in [0.25, 0.3) is 0 Å². The van der Waals surface area contributed by atoms with Crippen molar-refractivity contribution in [2.45, 2.75) is 0 Å². The lowest BCUT2D eigenvalue weighted by Gasteiger charge is -2.10. The first-order valence-corrected chi connectivity index (χ1v) is 7.44. The average molecular weight is 341 g/mol. The third-order valence-electron chi connectivity index (χ3n) is 3.17. The van der Waals surface area contributed by atoms with Gasteiger partial charge in [-0.15, -0.1) is 0 Å². The lowest BCUT2D eigenvalue weighted by molar-refractivity contribution is 0.0697.